The highest BCUT2D eigenvalue weighted by Crippen LogP contribution is 2.28. The SMILES string of the molecule is CC(C)C(C)SCc1ccc([N+](=O)[O-])c(NN)c1. The summed E-state index contributed by atoms with van der Waals surface area (Å²) in [6, 6.07) is 5.00. The molecule has 0 aromatic heterocycles. The predicted octanol–water partition coefficient (Wildman–Crippen LogP) is 3.16. The molecule has 1 unspecified atom stereocenters. The first-order valence-corrected chi connectivity index (χ1v) is 6.86. The summed E-state index contributed by atoms with van der Waals surface area (Å²) in [6.07, 6.45) is 0. The van der Waals surface area contributed by atoms with E-state index < -0.39 is 4.92 Å². The number of thioether (sulfide) groups is 1. The topological polar surface area (TPSA) is 81.2 Å². The molecule has 0 radical (unpaired) electrons. The number of nitro benzene ring substituents is 1. The molecule has 0 spiro atoms. The molecular formula is C12H19N3O2S. The van der Waals surface area contributed by atoms with Crippen LogP contribution in [0.3, 0.4) is 0 Å². The molecule has 0 heterocycles. The molecule has 0 fully saturated rings. The molecule has 100 valence electrons. The number of hydrogen-bond donors (Lipinski definition) is 2. The van der Waals surface area contributed by atoms with E-state index in [4.69, 9.17) is 5.84 Å². The quantitative estimate of drug-likeness (QED) is 0.471. The summed E-state index contributed by atoms with van der Waals surface area (Å²) < 4.78 is 0. The van der Waals surface area contributed by atoms with Crippen molar-refractivity contribution in [2.75, 3.05) is 5.43 Å². The summed E-state index contributed by atoms with van der Waals surface area (Å²) >= 11 is 1.83. The van der Waals surface area contributed by atoms with Crippen molar-refractivity contribution in [3.8, 4) is 0 Å². The zero-order chi connectivity index (χ0) is 13.7. The molecule has 0 aliphatic heterocycles. The Morgan fingerprint density at radius 3 is 2.61 bits per heavy atom. The van der Waals surface area contributed by atoms with Crippen molar-refractivity contribution in [2.24, 2.45) is 11.8 Å². The third-order valence-electron chi connectivity index (χ3n) is 2.86. The average Bonchev–Trinajstić information content (AvgIpc) is 2.34. The normalized spacial score (nSPS) is 12.5. The first-order valence-electron chi connectivity index (χ1n) is 5.81. The molecule has 1 atom stereocenters. The van der Waals surface area contributed by atoms with Crippen LogP contribution in [0.25, 0.3) is 0 Å². The standard InChI is InChI=1S/C12H19N3O2S/c1-8(2)9(3)18-7-10-4-5-12(15(16)17)11(6-10)14-13/h4-6,8-9,14H,7,13H2,1-3H3. The van der Waals surface area contributed by atoms with Crippen LogP contribution >= 0.6 is 11.8 Å². The monoisotopic (exact) mass is 269 g/mol. The molecule has 18 heavy (non-hydrogen) atoms. The number of nitrogens with one attached hydrogen (secondary N) is 1. The summed E-state index contributed by atoms with van der Waals surface area (Å²) in [7, 11) is 0. The summed E-state index contributed by atoms with van der Waals surface area (Å²) in [6.45, 7) is 6.55. The third kappa shape index (κ3) is 3.89. The van der Waals surface area contributed by atoms with E-state index in [0.717, 1.165) is 11.3 Å². The van der Waals surface area contributed by atoms with E-state index in [-0.39, 0.29) is 5.69 Å². The number of rotatable bonds is 6. The van der Waals surface area contributed by atoms with Gasteiger partial charge in [0.2, 0.25) is 0 Å². The van der Waals surface area contributed by atoms with Crippen molar-refractivity contribution in [3.05, 3.63) is 33.9 Å². The van der Waals surface area contributed by atoms with Crippen LogP contribution in [0.2, 0.25) is 0 Å². The largest absolute Gasteiger partial charge is 0.318 e. The van der Waals surface area contributed by atoms with Crippen LogP contribution < -0.4 is 11.3 Å². The first kappa shape index (κ1) is 14.8. The Labute approximate surface area is 111 Å². The van der Waals surface area contributed by atoms with Gasteiger partial charge in [-0.1, -0.05) is 26.8 Å². The smallest absolute Gasteiger partial charge is 0.293 e. The first-order chi connectivity index (χ1) is 8.45. The fourth-order valence-corrected chi connectivity index (χ4v) is 2.39. The van der Waals surface area contributed by atoms with Crippen LogP contribution in [0, 0.1) is 16.0 Å². The van der Waals surface area contributed by atoms with Gasteiger partial charge in [-0.2, -0.15) is 11.8 Å². The van der Waals surface area contributed by atoms with Crippen molar-refractivity contribution >= 4 is 23.1 Å². The van der Waals surface area contributed by atoms with Gasteiger partial charge in [-0.15, -0.1) is 0 Å². The van der Waals surface area contributed by atoms with Gasteiger partial charge in [0.15, 0.2) is 0 Å². The molecule has 1 aromatic rings. The number of nitrogens with zero attached hydrogens (tertiary/aromatic N) is 1. The maximum absolute atomic E-state index is 10.8. The Bertz CT molecular complexity index is 424. The Morgan fingerprint density at radius 1 is 1.44 bits per heavy atom. The highest BCUT2D eigenvalue weighted by Gasteiger charge is 2.14. The van der Waals surface area contributed by atoms with Gasteiger partial charge >= 0.3 is 0 Å². The Kier molecular flexibility index (Phi) is 5.43. The van der Waals surface area contributed by atoms with Crippen molar-refractivity contribution in [1.29, 1.82) is 0 Å². The fourth-order valence-electron chi connectivity index (χ4n) is 1.37. The van der Waals surface area contributed by atoms with E-state index in [1.165, 1.54) is 6.07 Å². The van der Waals surface area contributed by atoms with E-state index in [1.807, 2.05) is 11.8 Å². The molecule has 0 aliphatic carbocycles. The maximum atomic E-state index is 10.8. The molecule has 1 aromatic carbocycles. The number of benzene rings is 1. The molecule has 1 rings (SSSR count). The molecule has 0 saturated carbocycles. The zero-order valence-corrected chi connectivity index (χ0v) is 11.7. The van der Waals surface area contributed by atoms with Crippen molar-refractivity contribution in [2.45, 2.75) is 31.8 Å². The number of nitrogens with two attached hydrogens (primary N) is 1. The van der Waals surface area contributed by atoms with Gasteiger partial charge in [-0.05, 0) is 17.5 Å². The third-order valence-corrected chi connectivity index (χ3v) is 4.44. The van der Waals surface area contributed by atoms with Gasteiger partial charge in [0.05, 0.1) is 4.92 Å². The van der Waals surface area contributed by atoms with Gasteiger partial charge in [-0.25, -0.2) is 0 Å². The van der Waals surface area contributed by atoms with Crippen LogP contribution in [0.5, 0.6) is 0 Å². The second-order valence-corrected chi connectivity index (χ2v) is 5.88. The second-order valence-electron chi connectivity index (χ2n) is 4.51. The van der Waals surface area contributed by atoms with Gasteiger partial charge in [0.25, 0.3) is 5.69 Å². The lowest BCUT2D eigenvalue weighted by Crippen LogP contribution is -2.10. The summed E-state index contributed by atoms with van der Waals surface area (Å²) in [5.41, 5.74) is 3.77. The van der Waals surface area contributed by atoms with Gasteiger partial charge < -0.3 is 5.43 Å². The zero-order valence-electron chi connectivity index (χ0n) is 10.8. The minimum atomic E-state index is -0.442. The van der Waals surface area contributed by atoms with E-state index in [1.54, 1.807) is 12.1 Å². The van der Waals surface area contributed by atoms with E-state index in [9.17, 15) is 10.1 Å². The molecule has 0 amide bonds. The average molecular weight is 269 g/mol. The second kappa shape index (κ2) is 6.61. The Morgan fingerprint density at radius 2 is 2.11 bits per heavy atom. The number of anilines is 1. The van der Waals surface area contributed by atoms with E-state index >= 15 is 0 Å². The van der Waals surface area contributed by atoms with Crippen LogP contribution in [-0.2, 0) is 5.75 Å². The molecular weight excluding hydrogens is 250 g/mol. The fraction of sp³-hybridized carbons (Fsp3) is 0.500. The summed E-state index contributed by atoms with van der Waals surface area (Å²) in [5.74, 6) is 6.74. The number of nitrogen functional groups attached to an aromatic ring is 1. The number of hydrazine groups is 1. The highest BCUT2D eigenvalue weighted by atomic mass is 32.2. The van der Waals surface area contributed by atoms with Crippen LogP contribution in [0.1, 0.15) is 26.3 Å². The van der Waals surface area contributed by atoms with Crippen molar-refractivity contribution in [1.82, 2.24) is 0 Å². The highest BCUT2D eigenvalue weighted by molar-refractivity contribution is 7.99. The Balaban J connectivity index is 2.77. The van der Waals surface area contributed by atoms with Gasteiger partial charge in [-0.3, -0.25) is 16.0 Å². The molecule has 6 heteroatoms. The molecule has 0 aliphatic rings. The van der Waals surface area contributed by atoms with Gasteiger partial charge in [0.1, 0.15) is 5.69 Å². The molecule has 3 N–H and O–H groups in total. The van der Waals surface area contributed by atoms with Crippen LogP contribution in [-0.4, -0.2) is 10.2 Å². The lowest BCUT2D eigenvalue weighted by molar-refractivity contribution is -0.384. The van der Waals surface area contributed by atoms with Crippen LogP contribution in [0.4, 0.5) is 11.4 Å². The lowest BCUT2D eigenvalue weighted by Gasteiger charge is -2.15. The minimum absolute atomic E-state index is 0.00292. The van der Waals surface area contributed by atoms with E-state index in [0.29, 0.717) is 16.9 Å². The Hall–Kier alpha value is -1.27. The summed E-state index contributed by atoms with van der Waals surface area (Å²) in [4.78, 5) is 10.3. The summed E-state index contributed by atoms with van der Waals surface area (Å²) in [5, 5.41) is 11.3. The number of nitro groups is 1. The number of hydrogen-bond acceptors (Lipinski definition) is 5. The van der Waals surface area contributed by atoms with E-state index in [2.05, 4.69) is 26.2 Å². The predicted molar refractivity (Wildman–Crippen MR) is 76.5 cm³/mol. The lowest BCUT2D eigenvalue weighted by atomic mass is 10.2. The molecule has 0 bridgehead atoms. The maximum Gasteiger partial charge on any atom is 0.293 e. The van der Waals surface area contributed by atoms with Crippen molar-refractivity contribution in [3.63, 3.8) is 0 Å². The van der Waals surface area contributed by atoms with Crippen LogP contribution in [0.15, 0.2) is 18.2 Å². The van der Waals surface area contributed by atoms with Gasteiger partial charge in [0, 0.05) is 17.1 Å². The van der Waals surface area contributed by atoms with Crippen molar-refractivity contribution < 1.29 is 4.92 Å². The minimum Gasteiger partial charge on any atom is -0.318 e. The molecule has 5 nitrogen and oxygen atoms in total. The molecule has 0 saturated heterocycles.